The molecule has 2 amide bonds. The van der Waals surface area contributed by atoms with Crippen LogP contribution in [-0.4, -0.2) is 55.2 Å². The van der Waals surface area contributed by atoms with Crippen molar-refractivity contribution < 1.29 is 58.3 Å². The third-order valence-corrected chi connectivity index (χ3v) is 4.04. The average molecular weight is 351 g/mol. The van der Waals surface area contributed by atoms with Crippen LogP contribution in [0.5, 0.6) is 0 Å². The fourth-order valence-electron chi connectivity index (χ4n) is 2.21. The molecular formula is C14H18NNaO6S. The Bertz CT molecular complexity index is 647. The van der Waals surface area contributed by atoms with Gasteiger partial charge in [-0.2, -0.15) is 8.42 Å². The van der Waals surface area contributed by atoms with Crippen LogP contribution >= 0.6 is 0 Å². The van der Waals surface area contributed by atoms with Gasteiger partial charge in [0.1, 0.15) is 0 Å². The van der Waals surface area contributed by atoms with Gasteiger partial charge in [-0.25, -0.2) is 0 Å². The second-order valence-electron chi connectivity index (χ2n) is 4.91. The molecule has 0 saturated carbocycles. The molecule has 0 saturated heterocycles. The van der Waals surface area contributed by atoms with Crippen LogP contribution in [0.3, 0.4) is 0 Å². The van der Waals surface area contributed by atoms with E-state index in [0.717, 1.165) is 0 Å². The number of carbonyl (C=O) groups excluding carboxylic acids is 2. The largest absolute Gasteiger partial charge is 1.00 e. The van der Waals surface area contributed by atoms with Crippen molar-refractivity contribution in [3.63, 3.8) is 0 Å². The number of fused-ring (bicyclic) bond motifs is 1. The second-order valence-corrected chi connectivity index (χ2v) is 6.49. The summed E-state index contributed by atoms with van der Waals surface area (Å²) in [6.45, 7) is 0.755. The van der Waals surface area contributed by atoms with E-state index < -0.39 is 10.1 Å². The van der Waals surface area contributed by atoms with E-state index in [1.165, 1.54) is 4.90 Å². The normalized spacial score (nSPS) is 13.9. The first-order valence-corrected chi connectivity index (χ1v) is 8.49. The van der Waals surface area contributed by atoms with Crippen LogP contribution < -0.4 is 29.6 Å². The van der Waals surface area contributed by atoms with E-state index in [1.54, 1.807) is 24.3 Å². The van der Waals surface area contributed by atoms with Gasteiger partial charge in [-0.3, -0.25) is 19.0 Å². The molecular weight excluding hydrogens is 333 g/mol. The van der Waals surface area contributed by atoms with Crippen molar-refractivity contribution in [2.45, 2.75) is 12.8 Å². The summed E-state index contributed by atoms with van der Waals surface area (Å²) in [6.07, 6.45) is 0.670. The minimum Gasteiger partial charge on any atom is -1.00 e. The van der Waals surface area contributed by atoms with Crippen LogP contribution in [0.25, 0.3) is 0 Å². The molecule has 0 aromatic heterocycles. The Morgan fingerprint density at radius 1 is 1.04 bits per heavy atom. The predicted molar refractivity (Wildman–Crippen MR) is 79.4 cm³/mol. The van der Waals surface area contributed by atoms with Gasteiger partial charge >= 0.3 is 29.6 Å². The molecule has 122 valence electrons. The molecule has 9 heteroatoms. The van der Waals surface area contributed by atoms with Gasteiger partial charge in [0.25, 0.3) is 21.9 Å². The minimum atomic E-state index is -3.95. The van der Waals surface area contributed by atoms with Crippen molar-refractivity contribution in [1.29, 1.82) is 0 Å². The molecule has 0 spiro atoms. The van der Waals surface area contributed by atoms with E-state index in [0.29, 0.717) is 24.2 Å². The first kappa shape index (κ1) is 20.3. The van der Waals surface area contributed by atoms with Crippen LogP contribution in [0.15, 0.2) is 24.3 Å². The van der Waals surface area contributed by atoms with Crippen molar-refractivity contribution in [1.82, 2.24) is 4.90 Å². The molecule has 23 heavy (non-hydrogen) atoms. The van der Waals surface area contributed by atoms with Gasteiger partial charge < -0.3 is 6.16 Å². The average Bonchev–Trinajstić information content (AvgIpc) is 2.70. The topological polar surface area (TPSA) is 101 Å². The first-order chi connectivity index (χ1) is 10.4. The van der Waals surface area contributed by atoms with Crippen molar-refractivity contribution >= 4 is 21.9 Å². The van der Waals surface area contributed by atoms with Gasteiger partial charge in [0.05, 0.1) is 16.9 Å². The zero-order valence-electron chi connectivity index (χ0n) is 13.9. The predicted octanol–water partition coefficient (Wildman–Crippen LogP) is -1.92. The number of amides is 2. The number of benzene rings is 1. The Labute approximate surface area is 158 Å². The molecule has 0 fully saturated rings. The van der Waals surface area contributed by atoms with Crippen LogP contribution in [0.1, 0.15) is 35.0 Å². The standard InChI is InChI=1S/C14H17NO6S.Na.H/c16-13-11-5-1-2-6-12(11)14(17)15(13)7-3-8-21-9-4-10-22(18,19)20;;/h1-2,5-6H,3-4,7-10H2,(H,18,19,20);;/q;+1;-1. The minimum absolute atomic E-state index is 0. The molecule has 1 aromatic rings. The van der Waals surface area contributed by atoms with Gasteiger partial charge in [0.15, 0.2) is 0 Å². The number of hydrogen-bond donors (Lipinski definition) is 1. The molecule has 1 aliphatic rings. The van der Waals surface area contributed by atoms with E-state index in [4.69, 9.17) is 9.29 Å². The van der Waals surface area contributed by atoms with Crippen LogP contribution in [-0.2, 0) is 14.9 Å². The summed E-state index contributed by atoms with van der Waals surface area (Å²) in [5.74, 6) is -0.940. The smallest absolute Gasteiger partial charge is 1.00 e. The number of nitrogens with zero attached hydrogens (tertiary/aromatic N) is 1. The molecule has 1 N–H and O–H groups in total. The fourth-order valence-corrected chi connectivity index (χ4v) is 2.70. The van der Waals surface area contributed by atoms with Crippen LogP contribution in [0, 0.1) is 0 Å². The number of ether oxygens (including phenoxy) is 1. The Hall–Kier alpha value is -0.770. The van der Waals surface area contributed by atoms with E-state index >= 15 is 0 Å². The molecule has 0 bridgehead atoms. The fraction of sp³-hybridized carbons (Fsp3) is 0.429. The van der Waals surface area contributed by atoms with Crippen molar-refractivity contribution in [2.75, 3.05) is 25.5 Å². The summed E-state index contributed by atoms with van der Waals surface area (Å²) in [7, 11) is -3.95. The van der Waals surface area contributed by atoms with Crippen molar-refractivity contribution in [3.8, 4) is 0 Å². The summed E-state index contributed by atoms with van der Waals surface area (Å²) in [4.78, 5) is 25.3. The molecule has 7 nitrogen and oxygen atoms in total. The Morgan fingerprint density at radius 2 is 1.57 bits per heavy atom. The summed E-state index contributed by atoms with van der Waals surface area (Å²) in [5.41, 5.74) is 0.836. The number of imide groups is 1. The van der Waals surface area contributed by atoms with Crippen LogP contribution in [0.2, 0.25) is 0 Å². The molecule has 1 aliphatic heterocycles. The quantitative estimate of drug-likeness (QED) is 0.254. The monoisotopic (exact) mass is 351 g/mol. The van der Waals surface area contributed by atoms with Crippen molar-refractivity contribution in [3.05, 3.63) is 35.4 Å². The molecule has 1 aromatic carbocycles. The molecule has 1 heterocycles. The third-order valence-electron chi connectivity index (χ3n) is 3.24. The van der Waals surface area contributed by atoms with Gasteiger partial charge in [0.2, 0.25) is 0 Å². The number of carbonyl (C=O) groups is 2. The summed E-state index contributed by atoms with van der Waals surface area (Å²) in [6, 6.07) is 6.68. The molecule has 0 aliphatic carbocycles. The maximum atomic E-state index is 12.1. The Morgan fingerprint density at radius 3 is 2.09 bits per heavy atom. The molecule has 2 rings (SSSR count). The summed E-state index contributed by atoms with van der Waals surface area (Å²) >= 11 is 0. The van der Waals surface area contributed by atoms with Gasteiger partial charge in [0, 0.05) is 19.8 Å². The van der Waals surface area contributed by atoms with E-state index in [1.807, 2.05) is 0 Å². The van der Waals surface area contributed by atoms with Crippen molar-refractivity contribution in [2.24, 2.45) is 0 Å². The molecule has 0 atom stereocenters. The zero-order chi connectivity index (χ0) is 16.2. The van der Waals surface area contributed by atoms with Gasteiger partial charge in [-0.1, -0.05) is 12.1 Å². The number of hydrogen-bond acceptors (Lipinski definition) is 5. The second kappa shape index (κ2) is 8.91. The van der Waals surface area contributed by atoms with Gasteiger partial charge in [-0.05, 0) is 25.0 Å². The third kappa shape index (κ3) is 5.66. The van der Waals surface area contributed by atoms with Crippen LogP contribution in [0.4, 0.5) is 0 Å². The molecule has 0 radical (unpaired) electrons. The Kier molecular flexibility index (Phi) is 7.85. The first-order valence-electron chi connectivity index (χ1n) is 6.88. The zero-order valence-corrected chi connectivity index (χ0v) is 15.7. The maximum absolute atomic E-state index is 12.1. The maximum Gasteiger partial charge on any atom is 1.00 e. The summed E-state index contributed by atoms with van der Waals surface area (Å²) in [5, 5.41) is 0. The Balaban J connectivity index is 0.00000264. The van der Waals surface area contributed by atoms with E-state index in [-0.39, 0.29) is 68.1 Å². The SMILES string of the molecule is O=C1c2ccccc2C(=O)N1CCCOCCCS(=O)(=O)O.[H-].[Na+]. The number of rotatable bonds is 8. The van der Waals surface area contributed by atoms with E-state index in [2.05, 4.69) is 0 Å². The van der Waals surface area contributed by atoms with Gasteiger partial charge in [-0.15, -0.1) is 0 Å². The van der Waals surface area contributed by atoms with E-state index in [9.17, 15) is 18.0 Å². The molecule has 0 unspecified atom stereocenters. The summed E-state index contributed by atoms with van der Waals surface area (Å²) < 4.78 is 34.7.